The van der Waals surface area contributed by atoms with Crippen LogP contribution in [0.1, 0.15) is 26.2 Å². The average Bonchev–Trinajstić information content (AvgIpc) is 2.42. The number of hydrogen-bond acceptors (Lipinski definition) is 6. The van der Waals surface area contributed by atoms with Gasteiger partial charge >= 0.3 is 0 Å². The summed E-state index contributed by atoms with van der Waals surface area (Å²) in [6.07, 6.45) is 0.811. The first-order valence-corrected chi connectivity index (χ1v) is 6.69. The molecule has 6 heteroatoms. The van der Waals surface area contributed by atoms with Gasteiger partial charge in [-0.1, -0.05) is 25.5 Å². The molecule has 0 aromatic carbocycles. The number of aliphatic hydroxyl groups is 4. The van der Waals surface area contributed by atoms with E-state index < -0.39 is 37.3 Å². The molecule has 112 valence electrons. The minimum Gasteiger partial charge on any atom is -0.394 e. The van der Waals surface area contributed by atoms with Crippen LogP contribution < -0.4 is 0 Å². The zero-order valence-corrected chi connectivity index (χ0v) is 11.2. The van der Waals surface area contributed by atoms with Crippen LogP contribution in [-0.4, -0.2) is 64.3 Å². The Labute approximate surface area is 113 Å². The van der Waals surface area contributed by atoms with Crippen molar-refractivity contribution in [3.63, 3.8) is 0 Å². The highest BCUT2D eigenvalue weighted by Gasteiger charge is 2.43. The maximum absolute atomic E-state index is 9.70. The van der Waals surface area contributed by atoms with E-state index >= 15 is 0 Å². The van der Waals surface area contributed by atoms with E-state index in [0.29, 0.717) is 13.0 Å². The summed E-state index contributed by atoms with van der Waals surface area (Å²) < 4.78 is 10.5. The molecule has 1 rings (SSSR count). The van der Waals surface area contributed by atoms with Crippen LogP contribution in [-0.2, 0) is 9.47 Å². The van der Waals surface area contributed by atoms with Crippen LogP contribution in [0.5, 0.6) is 0 Å². The van der Waals surface area contributed by atoms with E-state index in [1.165, 1.54) is 0 Å². The summed E-state index contributed by atoms with van der Waals surface area (Å²) in [5, 5.41) is 37.8. The van der Waals surface area contributed by atoms with Crippen molar-refractivity contribution in [3.05, 3.63) is 12.2 Å². The Morgan fingerprint density at radius 2 is 1.74 bits per heavy atom. The number of ether oxygens (including phenoxy) is 2. The predicted octanol–water partition coefficient (Wildman–Crippen LogP) is -0.451. The largest absolute Gasteiger partial charge is 0.394 e. The van der Waals surface area contributed by atoms with E-state index in [2.05, 4.69) is 13.0 Å². The Bertz CT molecular complexity index is 268. The molecule has 1 aliphatic heterocycles. The lowest BCUT2D eigenvalue weighted by Gasteiger charge is -2.39. The van der Waals surface area contributed by atoms with Crippen LogP contribution in [0.4, 0.5) is 0 Å². The fraction of sp³-hybridized carbons (Fsp3) is 0.846. The topological polar surface area (TPSA) is 99.4 Å². The normalized spacial score (nSPS) is 35.9. The SMILES string of the molecule is CCCC=CCCOC1OC(CO)C(O)C(O)C1O. The van der Waals surface area contributed by atoms with Crippen molar-refractivity contribution in [1.29, 1.82) is 0 Å². The van der Waals surface area contributed by atoms with Crippen molar-refractivity contribution in [2.75, 3.05) is 13.2 Å². The molecule has 0 bridgehead atoms. The molecule has 19 heavy (non-hydrogen) atoms. The summed E-state index contributed by atoms with van der Waals surface area (Å²) in [5.74, 6) is 0. The molecule has 0 radical (unpaired) electrons. The summed E-state index contributed by atoms with van der Waals surface area (Å²) >= 11 is 0. The Balaban J connectivity index is 2.35. The zero-order valence-electron chi connectivity index (χ0n) is 11.2. The third-order valence-electron chi connectivity index (χ3n) is 3.04. The van der Waals surface area contributed by atoms with Gasteiger partial charge in [0, 0.05) is 0 Å². The third kappa shape index (κ3) is 4.83. The minimum atomic E-state index is -1.38. The number of aliphatic hydroxyl groups excluding tert-OH is 4. The Morgan fingerprint density at radius 3 is 2.37 bits per heavy atom. The molecule has 5 atom stereocenters. The van der Waals surface area contributed by atoms with Crippen molar-refractivity contribution in [2.24, 2.45) is 0 Å². The molecule has 0 saturated carbocycles. The van der Waals surface area contributed by atoms with Gasteiger partial charge in [0.1, 0.15) is 24.4 Å². The summed E-state index contributed by atoms with van der Waals surface area (Å²) in [6.45, 7) is 1.99. The molecular weight excluding hydrogens is 252 g/mol. The Morgan fingerprint density at radius 1 is 1.05 bits per heavy atom. The van der Waals surface area contributed by atoms with E-state index in [4.69, 9.17) is 14.6 Å². The van der Waals surface area contributed by atoms with E-state index in [1.54, 1.807) is 0 Å². The zero-order chi connectivity index (χ0) is 14.3. The predicted molar refractivity (Wildman–Crippen MR) is 68.4 cm³/mol. The van der Waals surface area contributed by atoms with E-state index in [0.717, 1.165) is 12.8 Å². The number of allylic oxidation sites excluding steroid dienone is 1. The van der Waals surface area contributed by atoms with Gasteiger partial charge in [0.15, 0.2) is 6.29 Å². The van der Waals surface area contributed by atoms with Gasteiger partial charge < -0.3 is 29.9 Å². The first-order chi connectivity index (χ1) is 9.11. The maximum atomic E-state index is 9.70. The third-order valence-corrected chi connectivity index (χ3v) is 3.04. The molecule has 0 aromatic rings. The highest BCUT2D eigenvalue weighted by Crippen LogP contribution is 2.21. The molecular formula is C13H24O6. The second-order valence-corrected chi connectivity index (χ2v) is 4.62. The maximum Gasteiger partial charge on any atom is 0.186 e. The summed E-state index contributed by atoms with van der Waals surface area (Å²) in [5.41, 5.74) is 0. The monoisotopic (exact) mass is 276 g/mol. The molecule has 1 fully saturated rings. The van der Waals surface area contributed by atoms with Crippen LogP contribution in [0.15, 0.2) is 12.2 Å². The molecule has 0 spiro atoms. The fourth-order valence-corrected chi connectivity index (χ4v) is 1.86. The first kappa shape index (κ1) is 16.6. The van der Waals surface area contributed by atoms with Gasteiger partial charge in [-0.3, -0.25) is 0 Å². The second-order valence-electron chi connectivity index (χ2n) is 4.62. The van der Waals surface area contributed by atoms with Crippen LogP contribution >= 0.6 is 0 Å². The van der Waals surface area contributed by atoms with Crippen LogP contribution in [0.25, 0.3) is 0 Å². The fourth-order valence-electron chi connectivity index (χ4n) is 1.86. The van der Waals surface area contributed by atoms with Gasteiger partial charge in [-0.05, 0) is 12.8 Å². The smallest absolute Gasteiger partial charge is 0.186 e. The van der Waals surface area contributed by atoms with Gasteiger partial charge in [0.05, 0.1) is 13.2 Å². The lowest BCUT2D eigenvalue weighted by molar-refractivity contribution is -0.300. The molecule has 5 unspecified atom stereocenters. The number of hydrogen-bond donors (Lipinski definition) is 4. The van der Waals surface area contributed by atoms with Crippen LogP contribution in [0.2, 0.25) is 0 Å². The summed E-state index contributed by atoms with van der Waals surface area (Å²) in [7, 11) is 0. The van der Waals surface area contributed by atoms with Crippen LogP contribution in [0, 0.1) is 0 Å². The summed E-state index contributed by atoms with van der Waals surface area (Å²) in [6, 6.07) is 0. The Hall–Kier alpha value is -0.500. The van der Waals surface area contributed by atoms with Crippen molar-refractivity contribution in [2.45, 2.75) is 56.9 Å². The molecule has 1 saturated heterocycles. The molecule has 0 amide bonds. The quantitative estimate of drug-likeness (QED) is 0.371. The Kier molecular flexibility index (Phi) is 7.52. The van der Waals surface area contributed by atoms with Crippen molar-refractivity contribution < 1.29 is 29.9 Å². The van der Waals surface area contributed by atoms with Crippen molar-refractivity contribution in [3.8, 4) is 0 Å². The standard InChI is InChI=1S/C13H24O6/c1-2-3-4-5-6-7-18-13-12(17)11(16)10(15)9(8-14)19-13/h4-5,9-17H,2-3,6-8H2,1H3. The molecule has 1 aliphatic rings. The first-order valence-electron chi connectivity index (χ1n) is 6.69. The molecule has 6 nitrogen and oxygen atoms in total. The second kappa shape index (κ2) is 8.63. The lowest BCUT2D eigenvalue weighted by Crippen LogP contribution is -2.59. The van der Waals surface area contributed by atoms with Gasteiger partial charge in [0.25, 0.3) is 0 Å². The molecule has 4 N–H and O–H groups in total. The van der Waals surface area contributed by atoms with E-state index in [-0.39, 0.29) is 0 Å². The number of rotatable bonds is 7. The van der Waals surface area contributed by atoms with Crippen LogP contribution in [0.3, 0.4) is 0 Å². The van der Waals surface area contributed by atoms with E-state index in [1.807, 2.05) is 6.08 Å². The van der Waals surface area contributed by atoms with Gasteiger partial charge in [-0.2, -0.15) is 0 Å². The lowest BCUT2D eigenvalue weighted by atomic mass is 9.99. The average molecular weight is 276 g/mol. The molecule has 0 aliphatic carbocycles. The minimum absolute atomic E-state index is 0.336. The van der Waals surface area contributed by atoms with E-state index in [9.17, 15) is 15.3 Å². The van der Waals surface area contributed by atoms with Gasteiger partial charge in [-0.15, -0.1) is 0 Å². The molecule has 1 heterocycles. The number of unbranched alkanes of at least 4 members (excludes halogenated alkanes) is 1. The van der Waals surface area contributed by atoms with Crippen molar-refractivity contribution in [1.82, 2.24) is 0 Å². The van der Waals surface area contributed by atoms with Gasteiger partial charge in [0.2, 0.25) is 0 Å². The van der Waals surface area contributed by atoms with Gasteiger partial charge in [-0.25, -0.2) is 0 Å². The molecule has 0 aromatic heterocycles. The summed E-state index contributed by atoms with van der Waals surface area (Å²) in [4.78, 5) is 0. The van der Waals surface area contributed by atoms with Crippen molar-refractivity contribution >= 4 is 0 Å². The highest BCUT2D eigenvalue weighted by atomic mass is 16.7. The highest BCUT2D eigenvalue weighted by molar-refractivity contribution is 4.89.